The Morgan fingerprint density at radius 2 is 1.19 bits per heavy atom. The van der Waals surface area contributed by atoms with E-state index in [1.807, 2.05) is 78.9 Å². The Bertz CT molecular complexity index is 1280. The van der Waals surface area contributed by atoms with Gasteiger partial charge in [0.05, 0.1) is 0 Å². The van der Waals surface area contributed by atoms with Crippen LogP contribution >= 0.6 is 0 Å². The van der Waals surface area contributed by atoms with Gasteiger partial charge in [-0.15, -0.1) is 0 Å². The molecule has 3 aromatic carbocycles. The Balaban J connectivity index is 1.57. The van der Waals surface area contributed by atoms with Crippen LogP contribution in [0.5, 0.6) is 0 Å². The highest BCUT2D eigenvalue weighted by atomic mass is 19.1. The molecule has 32 heavy (non-hydrogen) atoms. The van der Waals surface area contributed by atoms with Gasteiger partial charge in [0.25, 0.3) is 0 Å². The third-order valence-electron chi connectivity index (χ3n) is 5.13. The summed E-state index contributed by atoms with van der Waals surface area (Å²) in [5.41, 5.74) is 3.91. The number of rotatable bonds is 5. The topological polar surface area (TPSA) is 51.6 Å². The highest BCUT2D eigenvalue weighted by Gasteiger charge is 2.14. The van der Waals surface area contributed by atoms with Gasteiger partial charge in [0.2, 0.25) is 0 Å². The Kier molecular flexibility index (Phi) is 5.45. The van der Waals surface area contributed by atoms with Gasteiger partial charge in [-0.1, -0.05) is 78.9 Å². The van der Waals surface area contributed by atoms with Gasteiger partial charge < -0.3 is 0 Å². The Morgan fingerprint density at radius 3 is 1.72 bits per heavy atom. The molecule has 0 saturated carbocycles. The van der Waals surface area contributed by atoms with Crippen molar-refractivity contribution < 1.29 is 4.39 Å². The minimum absolute atomic E-state index is 0.297. The third kappa shape index (κ3) is 4.27. The SMILES string of the molecule is Fc1cc(-c2nc(-c3ccccc3)nc(-c3ccccc3)n2)ccc1Cc1cccnc1. The average molecular weight is 418 g/mol. The number of benzene rings is 3. The van der Waals surface area contributed by atoms with Crippen molar-refractivity contribution in [1.82, 2.24) is 19.9 Å². The monoisotopic (exact) mass is 418 g/mol. The maximum Gasteiger partial charge on any atom is 0.164 e. The van der Waals surface area contributed by atoms with Gasteiger partial charge in [-0.2, -0.15) is 0 Å². The molecule has 154 valence electrons. The summed E-state index contributed by atoms with van der Waals surface area (Å²) < 4.78 is 15.0. The molecule has 4 nitrogen and oxygen atoms in total. The number of pyridine rings is 1. The van der Waals surface area contributed by atoms with E-state index in [4.69, 9.17) is 0 Å². The molecule has 5 rings (SSSR count). The molecule has 0 saturated heterocycles. The van der Waals surface area contributed by atoms with Gasteiger partial charge in [0.15, 0.2) is 17.5 Å². The lowest BCUT2D eigenvalue weighted by Gasteiger charge is -2.09. The van der Waals surface area contributed by atoms with Crippen molar-refractivity contribution in [2.75, 3.05) is 0 Å². The van der Waals surface area contributed by atoms with Gasteiger partial charge in [-0.05, 0) is 23.3 Å². The molecule has 0 aliphatic heterocycles. The standard InChI is InChI=1S/C27H19FN4/c28-24-17-23(14-13-22(24)16-19-8-7-15-29-18-19)27-31-25(20-9-3-1-4-10-20)30-26(32-27)21-11-5-2-6-12-21/h1-15,17-18H,16H2. The summed E-state index contributed by atoms with van der Waals surface area (Å²) in [7, 11) is 0. The van der Waals surface area contributed by atoms with E-state index in [0.717, 1.165) is 16.7 Å². The van der Waals surface area contributed by atoms with Crippen molar-refractivity contribution in [2.45, 2.75) is 6.42 Å². The van der Waals surface area contributed by atoms with E-state index in [2.05, 4.69) is 19.9 Å². The first kappa shape index (κ1) is 19.7. The van der Waals surface area contributed by atoms with E-state index in [0.29, 0.717) is 35.0 Å². The average Bonchev–Trinajstić information content (AvgIpc) is 2.87. The molecule has 5 aromatic rings. The number of halogens is 1. The summed E-state index contributed by atoms with van der Waals surface area (Å²) in [5.74, 6) is 1.24. The fourth-order valence-corrected chi connectivity index (χ4v) is 3.49. The fourth-order valence-electron chi connectivity index (χ4n) is 3.49. The van der Waals surface area contributed by atoms with Crippen LogP contribution in [0.25, 0.3) is 34.2 Å². The van der Waals surface area contributed by atoms with E-state index in [1.54, 1.807) is 18.5 Å². The highest BCUT2D eigenvalue weighted by Crippen LogP contribution is 2.26. The highest BCUT2D eigenvalue weighted by molar-refractivity contribution is 5.66. The van der Waals surface area contributed by atoms with Gasteiger partial charge in [0.1, 0.15) is 5.82 Å². The van der Waals surface area contributed by atoms with Crippen LogP contribution in [0.4, 0.5) is 4.39 Å². The summed E-state index contributed by atoms with van der Waals surface area (Å²) in [6.07, 6.45) is 3.93. The first-order valence-corrected chi connectivity index (χ1v) is 10.3. The molecule has 2 aromatic heterocycles. The number of aromatic nitrogens is 4. The predicted octanol–water partition coefficient (Wildman–Crippen LogP) is 6.00. The van der Waals surface area contributed by atoms with Crippen LogP contribution < -0.4 is 0 Å². The number of nitrogens with zero attached hydrogens (tertiary/aromatic N) is 4. The number of hydrogen-bond acceptors (Lipinski definition) is 4. The second-order valence-corrected chi connectivity index (χ2v) is 7.38. The van der Waals surface area contributed by atoms with Crippen LogP contribution in [0.2, 0.25) is 0 Å². The molecule has 0 amide bonds. The smallest absolute Gasteiger partial charge is 0.164 e. The van der Waals surface area contributed by atoms with E-state index < -0.39 is 0 Å². The Labute approximate surface area is 185 Å². The number of hydrogen-bond donors (Lipinski definition) is 0. The zero-order valence-electron chi connectivity index (χ0n) is 17.2. The zero-order chi connectivity index (χ0) is 21.8. The minimum atomic E-state index is -0.297. The quantitative estimate of drug-likeness (QED) is 0.351. The second kappa shape index (κ2) is 8.86. The molecule has 0 atom stereocenters. The van der Waals surface area contributed by atoms with Crippen LogP contribution in [0.3, 0.4) is 0 Å². The van der Waals surface area contributed by atoms with E-state index in [9.17, 15) is 4.39 Å². The summed E-state index contributed by atoms with van der Waals surface area (Å²) >= 11 is 0. The Hall–Kier alpha value is -4.25. The van der Waals surface area contributed by atoms with Crippen LogP contribution in [-0.2, 0) is 6.42 Å². The summed E-state index contributed by atoms with van der Waals surface area (Å²) in [5, 5.41) is 0. The fraction of sp³-hybridized carbons (Fsp3) is 0.0370. The first-order chi connectivity index (χ1) is 15.8. The maximum atomic E-state index is 15.0. The van der Waals surface area contributed by atoms with Crippen molar-refractivity contribution in [2.24, 2.45) is 0 Å². The molecule has 0 spiro atoms. The third-order valence-corrected chi connectivity index (χ3v) is 5.13. The molecule has 5 heteroatoms. The molecule has 0 aliphatic carbocycles. The molecule has 0 aliphatic rings. The molecule has 0 N–H and O–H groups in total. The van der Waals surface area contributed by atoms with Gasteiger partial charge in [-0.25, -0.2) is 19.3 Å². The van der Waals surface area contributed by atoms with Crippen molar-refractivity contribution >= 4 is 0 Å². The van der Waals surface area contributed by atoms with E-state index >= 15 is 0 Å². The van der Waals surface area contributed by atoms with Crippen molar-refractivity contribution in [3.63, 3.8) is 0 Å². The zero-order valence-corrected chi connectivity index (χ0v) is 17.2. The normalized spacial score (nSPS) is 10.8. The predicted molar refractivity (Wildman–Crippen MR) is 123 cm³/mol. The first-order valence-electron chi connectivity index (χ1n) is 10.3. The molecular weight excluding hydrogens is 399 g/mol. The minimum Gasteiger partial charge on any atom is -0.264 e. The van der Waals surface area contributed by atoms with Crippen molar-refractivity contribution in [1.29, 1.82) is 0 Å². The lowest BCUT2D eigenvalue weighted by atomic mass is 10.0. The summed E-state index contributed by atoms with van der Waals surface area (Å²) in [6.45, 7) is 0. The van der Waals surface area contributed by atoms with Crippen LogP contribution in [0.15, 0.2) is 103 Å². The molecular formula is C27H19FN4. The van der Waals surface area contributed by atoms with Crippen LogP contribution in [0.1, 0.15) is 11.1 Å². The largest absolute Gasteiger partial charge is 0.264 e. The summed E-state index contributed by atoms with van der Waals surface area (Å²) in [4.78, 5) is 18.1. The van der Waals surface area contributed by atoms with Crippen LogP contribution in [-0.4, -0.2) is 19.9 Å². The van der Waals surface area contributed by atoms with Crippen LogP contribution in [0, 0.1) is 5.82 Å². The lowest BCUT2D eigenvalue weighted by Crippen LogP contribution is -2.01. The maximum absolute atomic E-state index is 15.0. The molecule has 0 fully saturated rings. The van der Waals surface area contributed by atoms with Gasteiger partial charge in [-0.3, -0.25) is 4.98 Å². The van der Waals surface area contributed by atoms with E-state index in [1.165, 1.54) is 6.07 Å². The summed E-state index contributed by atoms with van der Waals surface area (Å²) in [6, 6.07) is 28.4. The Morgan fingerprint density at radius 1 is 0.594 bits per heavy atom. The second-order valence-electron chi connectivity index (χ2n) is 7.38. The molecule has 0 radical (unpaired) electrons. The van der Waals surface area contributed by atoms with Gasteiger partial charge >= 0.3 is 0 Å². The van der Waals surface area contributed by atoms with E-state index in [-0.39, 0.29) is 5.82 Å². The lowest BCUT2D eigenvalue weighted by molar-refractivity contribution is 0.614. The van der Waals surface area contributed by atoms with Crippen molar-refractivity contribution in [3.05, 3.63) is 120 Å². The van der Waals surface area contributed by atoms with Crippen molar-refractivity contribution in [3.8, 4) is 34.2 Å². The molecule has 0 bridgehead atoms. The van der Waals surface area contributed by atoms with Gasteiger partial charge in [0, 0.05) is 35.5 Å². The molecule has 2 heterocycles. The molecule has 0 unspecified atom stereocenters.